The second-order valence-electron chi connectivity index (χ2n) is 7.42. The summed E-state index contributed by atoms with van der Waals surface area (Å²) in [5.41, 5.74) is 1.10. The van der Waals surface area contributed by atoms with Crippen LogP contribution in [-0.2, 0) is 10.0 Å². The van der Waals surface area contributed by atoms with Crippen LogP contribution < -0.4 is 4.90 Å². The molecule has 152 valence electrons. The van der Waals surface area contributed by atoms with Crippen molar-refractivity contribution in [2.45, 2.75) is 30.3 Å². The van der Waals surface area contributed by atoms with Crippen molar-refractivity contribution < 1.29 is 17.3 Å². The first-order chi connectivity index (χ1) is 14.1. The van der Waals surface area contributed by atoms with Crippen LogP contribution in [0.15, 0.2) is 56.4 Å². The molecule has 0 spiro atoms. The monoisotopic (exact) mass is 414 g/mol. The zero-order chi connectivity index (χ0) is 19.8. The molecule has 1 saturated carbocycles. The number of anilines is 1. The number of benzene rings is 1. The highest BCUT2D eigenvalue weighted by molar-refractivity contribution is 7.89. The summed E-state index contributed by atoms with van der Waals surface area (Å²) >= 11 is 0. The van der Waals surface area contributed by atoms with Gasteiger partial charge in [0.25, 0.3) is 15.9 Å². The number of para-hydroxylation sites is 1. The fraction of sp³-hybridized carbons (Fsp3) is 0.400. The molecule has 0 bridgehead atoms. The minimum atomic E-state index is -3.71. The lowest BCUT2D eigenvalue weighted by atomic mass is 9.85. The van der Waals surface area contributed by atoms with Crippen molar-refractivity contribution in [2.75, 3.05) is 31.1 Å². The molecule has 2 aromatic heterocycles. The molecule has 0 unspecified atom stereocenters. The van der Waals surface area contributed by atoms with E-state index < -0.39 is 10.0 Å². The Labute approximate surface area is 169 Å². The van der Waals surface area contributed by atoms with Crippen molar-refractivity contribution >= 4 is 15.7 Å². The molecule has 2 fully saturated rings. The molecule has 1 saturated heterocycles. The van der Waals surface area contributed by atoms with Gasteiger partial charge in [0.1, 0.15) is 0 Å². The summed E-state index contributed by atoms with van der Waals surface area (Å²) < 4.78 is 38.7. The van der Waals surface area contributed by atoms with Gasteiger partial charge in [0.2, 0.25) is 11.0 Å². The summed E-state index contributed by atoms with van der Waals surface area (Å²) in [6, 6.07) is 13.0. The lowest BCUT2D eigenvalue weighted by Gasteiger charge is -2.34. The number of furan rings is 1. The standard InChI is InChI=1S/C20H22N4O4S/c25-29(26,24-13-11-23(12-14-24)16-7-2-1-3-8-16)18-10-9-17(27-18)20-22-21-19(28-20)15-5-4-6-15/h1-3,7-10,15H,4-6,11-14H2. The highest BCUT2D eigenvalue weighted by atomic mass is 32.2. The molecule has 0 amide bonds. The highest BCUT2D eigenvalue weighted by Gasteiger charge is 2.32. The zero-order valence-corrected chi connectivity index (χ0v) is 16.7. The molecule has 1 aliphatic carbocycles. The smallest absolute Gasteiger partial charge is 0.283 e. The Morgan fingerprint density at radius 2 is 1.66 bits per heavy atom. The van der Waals surface area contributed by atoms with Crippen LogP contribution in [0.1, 0.15) is 31.1 Å². The first-order valence-electron chi connectivity index (χ1n) is 9.85. The predicted molar refractivity (Wildman–Crippen MR) is 106 cm³/mol. The minimum Gasteiger partial charge on any atom is -0.438 e. The van der Waals surface area contributed by atoms with Gasteiger partial charge in [-0.15, -0.1) is 10.2 Å². The average Bonchev–Trinajstić information content (AvgIpc) is 3.38. The Bertz CT molecular complexity index is 1080. The van der Waals surface area contributed by atoms with E-state index in [-0.39, 0.29) is 16.7 Å². The number of nitrogens with zero attached hydrogens (tertiary/aromatic N) is 4. The second kappa shape index (κ2) is 7.31. The molecule has 9 heteroatoms. The third-order valence-electron chi connectivity index (χ3n) is 5.64. The quantitative estimate of drug-likeness (QED) is 0.633. The number of sulfonamides is 1. The normalized spacial score (nSPS) is 18.7. The Kier molecular flexibility index (Phi) is 4.63. The Morgan fingerprint density at radius 1 is 0.897 bits per heavy atom. The Hall–Kier alpha value is -2.65. The zero-order valence-electron chi connectivity index (χ0n) is 15.9. The molecule has 1 aliphatic heterocycles. The summed E-state index contributed by atoms with van der Waals surface area (Å²) in [5, 5.41) is 7.99. The van der Waals surface area contributed by atoms with Crippen LogP contribution in [0.5, 0.6) is 0 Å². The van der Waals surface area contributed by atoms with Crippen LogP contribution in [0.3, 0.4) is 0 Å². The number of piperazine rings is 1. The number of hydrogen-bond acceptors (Lipinski definition) is 7. The third kappa shape index (κ3) is 3.44. The summed E-state index contributed by atoms with van der Waals surface area (Å²) in [6.45, 7) is 2.07. The van der Waals surface area contributed by atoms with Crippen molar-refractivity contribution in [3.8, 4) is 11.7 Å². The van der Waals surface area contributed by atoms with Crippen molar-refractivity contribution in [3.63, 3.8) is 0 Å². The van der Waals surface area contributed by atoms with Gasteiger partial charge in [0.05, 0.1) is 0 Å². The average molecular weight is 414 g/mol. The maximum atomic E-state index is 13.0. The van der Waals surface area contributed by atoms with E-state index in [0.29, 0.717) is 38.0 Å². The largest absolute Gasteiger partial charge is 0.438 e. The highest BCUT2D eigenvalue weighted by Crippen LogP contribution is 2.37. The van der Waals surface area contributed by atoms with Crippen molar-refractivity contribution in [1.82, 2.24) is 14.5 Å². The summed E-state index contributed by atoms with van der Waals surface area (Å²) in [5.74, 6) is 1.42. The van der Waals surface area contributed by atoms with Crippen LogP contribution >= 0.6 is 0 Å². The van der Waals surface area contributed by atoms with E-state index in [1.807, 2.05) is 30.3 Å². The molecule has 5 rings (SSSR count). The summed E-state index contributed by atoms with van der Waals surface area (Å²) in [7, 11) is -3.71. The molecule has 3 heterocycles. The van der Waals surface area contributed by atoms with Gasteiger partial charge in [-0.25, -0.2) is 8.42 Å². The van der Waals surface area contributed by atoms with Gasteiger partial charge < -0.3 is 13.7 Å². The van der Waals surface area contributed by atoms with Gasteiger partial charge >= 0.3 is 0 Å². The lowest BCUT2D eigenvalue weighted by Crippen LogP contribution is -2.48. The van der Waals surface area contributed by atoms with Crippen LogP contribution in [0.25, 0.3) is 11.7 Å². The van der Waals surface area contributed by atoms with E-state index in [1.54, 1.807) is 6.07 Å². The van der Waals surface area contributed by atoms with E-state index in [0.717, 1.165) is 18.5 Å². The van der Waals surface area contributed by atoms with Gasteiger partial charge in [-0.2, -0.15) is 4.31 Å². The molecule has 8 nitrogen and oxygen atoms in total. The van der Waals surface area contributed by atoms with Crippen molar-refractivity contribution in [2.24, 2.45) is 0 Å². The van der Waals surface area contributed by atoms with E-state index in [2.05, 4.69) is 15.1 Å². The molecule has 3 aromatic rings. The maximum absolute atomic E-state index is 13.0. The molecule has 2 aliphatic rings. The summed E-state index contributed by atoms with van der Waals surface area (Å²) in [6.07, 6.45) is 3.27. The molecule has 1 aromatic carbocycles. The first kappa shape index (κ1) is 18.4. The van der Waals surface area contributed by atoms with Crippen molar-refractivity contribution in [1.29, 1.82) is 0 Å². The van der Waals surface area contributed by atoms with Gasteiger partial charge in [-0.05, 0) is 37.1 Å². The van der Waals surface area contributed by atoms with Gasteiger partial charge in [0.15, 0.2) is 5.76 Å². The molecular weight excluding hydrogens is 392 g/mol. The summed E-state index contributed by atoms with van der Waals surface area (Å²) in [4.78, 5) is 2.18. The molecular formula is C20H22N4O4S. The van der Waals surface area contributed by atoms with E-state index in [9.17, 15) is 8.42 Å². The first-order valence-corrected chi connectivity index (χ1v) is 11.3. The molecule has 29 heavy (non-hydrogen) atoms. The molecule has 0 radical (unpaired) electrons. The van der Waals surface area contributed by atoms with E-state index >= 15 is 0 Å². The maximum Gasteiger partial charge on any atom is 0.283 e. The fourth-order valence-electron chi connectivity index (χ4n) is 3.68. The predicted octanol–water partition coefficient (Wildman–Crippen LogP) is 3.11. The number of rotatable bonds is 5. The van der Waals surface area contributed by atoms with E-state index in [4.69, 9.17) is 8.83 Å². The van der Waals surface area contributed by atoms with Gasteiger partial charge in [-0.3, -0.25) is 0 Å². The van der Waals surface area contributed by atoms with E-state index in [1.165, 1.54) is 16.8 Å². The lowest BCUT2D eigenvalue weighted by molar-refractivity contribution is 0.333. The Morgan fingerprint density at radius 3 is 2.34 bits per heavy atom. The van der Waals surface area contributed by atoms with Crippen LogP contribution in [0.4, 0.5) is 5.69 Å². The molecule has 0 N–H and O–H groups in total. The van der Waals surface area contributed by atoms with Crippen molar-refractivity contribution in [3.05, 3.63) is 48.4 Å². The minimum absolute atomic E-state index is 0.0935. The SMILES string of the molecule is O=S(=O)(c1ccc(-c2nnc(C3CCC3)o2)o1)N1CCN(c2ccccc2)CC1. The van der Waals surface area contributed by atoms with Gasteiger partial charge in [-0.1, -0.05) is 24.6 Å². The van der Waals surface area contributed by atoms with Crippen LogP contribution in [0, 0.1) is 0 Å². The molecule has 0 atom stereocenters. The fourth-order valence-corrected chi connectivity index (χ4v) is 5.01. The second-order valence-corrected chi connectivity index (χ2v) is 9.29. The number of hydrogen-bond donors (Lipinski definition) is 0. The third-order valence-corrected chi connectivity index (χ3v) is 7.41. The van der Waals surface area contributed by atoms with Crippen LogP contribution in [-0.4, -0.2) is 49.1 Å². The van der Waals surface area contributed by atoms with Gasteiger partial charge in [0, 0.05) is 37.8 Å². The van der Waals surface area contributed by atoms with Crippen LogP contribution in [0.2, 0.25) is 0 Å². The topological polar surface area (TPSA) is 92.7 Å². The number of aromatic nitrogens is 2. The Balaban J connectivity index is 1.29.